The molecular formula is C14H12BrClN2O3. The van der Waals surface area contributed by atoms with E-state index in [-0.39, 0.29) is 11.7 Å². The van der Waals surface area contributed by atoms with Crippen molar-refractivity contribution in [1.82, 2.24) is 0 Å². The summed E-state index contributed by atoms with van der Waals surface area (Å²) in [6.07, 6.45) is 0. The second-order valence-corrected chi connectivity index (χ2v) is 5.71. The van der Waals surface area contributed by atoms with Crippen molar-refractivity contribution < 1.29 is 9.66 Å². The lowest BCUT2D eigenvalue weighted by atomic mass is 10.1. The zero-order chi connectivity index (χ0) is 15.6. The Morgan fingerprint density at radius 1 is 1.29 bits per heavy atom. The van der Waals surface area contributed by atoms with Gasteiger partial charge in [0.05, 0.1) is 20.5 Å². The number of nitro groups is 1. The molecule has 2 N–H and O–H groups in total. The van der Waals surface area contributed by atoms with Crippen LogP contribution in [0.3, 0.4) is 0 Å². The second kappa shape index (κ2) is 6.43. The van der Waals surface area contributed by atoms with Gasteiger partial charge in [0.2, 0.25) is 0 Å². The van der Waals surface area contributed by atoms with Gasteiger partial charge in [-0.1, -0.05) is 17.7 Å². The minimum Gasteiger partial charge on any atom is -0.454 e. The van der Waals surface area contributed by atoms with Crippen molar-refractivity contribution in [1.29, 1.82) is 0 Å². The average Bonchev–Trinajstić information content (AvgIpc) is 2.42. The lowest BCUT2D eigenvalue weighted by Gasteiger charge is -2.12. The van der Waals surface area contributed by atoms with Gasteiger partial charge in [-0.25, -0.2) is 0 Å². The molecule has 1 unspecified atom stereocenters. The SMILES string of the molecule is CC(N)c1ccc(Oc2cc([N+](=O)[O-])ccc2Br)c(Cl)c1. The van der Waals surface area contributed by atoms with E-state index in [0.29, 0.717) is 21.0 Å². The van der Waals surface area contributed by atoms with E-state index in [1.165, 1.54) is 12.1 Å². The Hall–Kier alpha value is -1.63. The number of halogens is 2. The van der Waals surface area contributed by atoms with Crippen molar-refractivity contribution in [2.24, 2.45) is 5.73 Å². The van der Waals surface area contributed by atoms with Crippen LogP contribution in [0, 0.1) is 10.1 Å². The summed E-state index contributed by atoms with van der Waals surface area (Å²) in [6.45, 7) is 1.85. The number of benzene rings is 2. The molecule has 0 aromatic heterocycles. The van der Waals surface area contributed by atoms with E-state index < -0.39 is 4.92 Å². The average molecular weight is 372 g/mol. The first-order valence-corrected chi connectivity index (χ1v) is 7.22. The van der Waals surface area contributed by atoms with Crippen molar-refractivity contribution in [2.45, 2.75) is 13.0 Å². The number of ether oxygens (including phenoxy) is 1. The molecule has 0 amide bonds. The van der Waals surface area contributed by atoms with E-state index in [0.717, 1.165) is 5.56 Å². The topological polar surface area (TPSA) is 78.4 Å². The van der Waals surface area contributed by atoms with Crippen LogP contribution in [0.25, 0.3) is 0 Å². The van der Waals surface area contributed by atoms with Gasteiger partial charge in [0.15, 0.2) is 0 Å². The van der Waals surface area contributed by atoms with Crippen molar-refractivity contribution >= 4 is 33.2 Å². The molecule has 0 spiro atoms. The molecule has 0 aliphatic heterocycles. The smallest absolute Gasteiger partial charge is 0.273 e. The van der Waals surface area contributed by atoms with Crippen molar-refractivity contribution in [3.05, 3.63) is 61.6 Å². The highest BCUT2D eigenvalue weighted by Gasteiger charge is 2.13. The minimum absolute atomic E-state index is 0.0588. The molecular weight excluding hydrogens is 360 g/mol. The summed E-state index contributed by atoms with van der Waals surface area (Å²) in [4.78, 5) is 10.3. The van der Waals surface area contributed by atoms with Gasteiger partial charge in [-0.2, -0.15) is 0 Å². The fraction of sp³-hybridized carbons (Fsp3) is 0.143. The molecule has 0 saturated heterocycles. The molecule has 7 heteroatoms. The highest BCUT2D eigenvalue weighted by atomic mass is 79.9. The first-order valence-electron chi connectivity index (χ1n) is 6.05. The molecule has 2 rings (SSSR count). The van der Waals surface area contributed by atoms with Crippen LogP contribution in [0.1, 0.15) is 18.5 Å². The molecule has 1 atom stereocenters. The lowest BCUT2D eigenvalue weighted by Crippen LogP contribution is -2.04. The Balaban J connectivity index is 2.34. The van der Waals surface area contributed by atoms with Gasteiger partial charge in [-0.3, -0.25) is 10.1 Å². The summed E-state index contributed by atoms with van der Waals surface area (Å²) in [5.41, 5.74) is 6.60. The largest absolute Gasteiger partial charge is 0.454 e. The zero-order valence-electron chi connectivity index (χ0n) is 11.0. The Morgan fingerprint density at radius 2 is 2.00 bits per heavy atom. The zero-order valence-corrected chi connectivity index (χ0v) is 13.4. The summed E-state index contributed by atoms with van der Waals surface area (Å²) in [5.74, 6) is 0.724. The molecule has 0 bridgehead atoms. The Labute approximate surface area is 134 Å². The van der Waals surface area contributed by atoms with Crippen LogP contribution < -0.4 is 10.5 Å². The third kappa shape index (κ3) is 3.72. The number of hydrogen-bond acceptors (Lipinski definition) is 4. The van der Waals surface area contributed by atoms with Crippen LogP contribution >= 0.6 is 27.5 Å². The van der Waals surface area contributed by atoms with Crippen molar-refractivity contribution in [3.8, 4) is 11.5 Å². The molecule has 0 aliphatic rings. The van der Waals surface area contributed by atoms with Gasteiger partial charge in [-0.05, 0) is 46.6 Å². The van der Waals surface area contributed by atoms with E-state index in [1.807, 2.05) is 6.92 Å². The highest BCUT2D eigenvalue weighted by molar-refractivity contribution is 9.10. The molecule has 110 valence electrons. The molecule has 0 saturated carbocycles. The first kappa shape index (κ1) is 15.8. The maximum atomic E-state index is 10.8. The second-order valence-electron chi connectivity index (χ2n) is 4.45. The van der Waals surface area contributed by atoms with E-state index in [2.05, 4.69) is 15.9 Å². The maximum Gasteiger partial charge on any atom is 0.273 e. The van der Waals surface area contributed by atoms with Gasteiger partial charge < -0.3 is 10.5 Å². The lowest BCUT2D eigenvalue weighted by molar-refractivity contribution is -0.384. The monoisotopic (exact) mass is 370 g/mol. The summed E-state index contributed by atoms with van der Waals surface area (Å²) in [6, 6.07) is 9.34. The van der Waals surface area contributed by atoms with Crippen LogP contribution in [0.2, 0.25) is 5.02 Å². The molecule has 2 aromatic carbocycles. The van der Waals surface area contributed by atoms with E-state index in [1.54, 1.807) is 24.3 Å². The van der Waals surface area contributed by atoms with Crippen molar-refractivity contribution in [3.63, 3.8) is 0 Å². The van der Waals surface area contributed by atoms with E-state index in [9.17, 15) is 10.1 Å². The fourth-order valence-corrected chi connectivity index (χ4v) is 2.24. The van der Waals surface area contributed by atoms with Gasteiger partial charge in [0, 0.05) is 12.1 Å². The van der Waals surface area contributed by atoms with Crippen molar-refractivity contribution in [2.75, 3.05) is 0 Å². The summed E-state index contributed by atoms with van der Waals surface area (Å²) < 4.78 is 6.24. The Bertz CT molecular complexity index is 692. The first-order chi connectivity index (χ1) is 9.88. The summed E-state index contributed by atoms with van der Waals surface area (Å²) >= 11 is 9.44. The quantitative estimate of drug-likeness (QED) is 0.617. The molecule has 21 heavy (non-hydrogen) atoms. The normalized spacial score (nSPS) is 12.0. The Kier molecular flexibility index (Phi) is 4.82. The minimum atomic E-state index is -0.486. The summed E-state index contributed by atoms with van der Waals surface area (Å²) in [7, 11) is 0. The van der Waals surface area contributed by atoms with Crippen LogP contribution in [-0.4, -0.2) is 4.92 Å². The van der Waals surface area contributed by atoms with Gasteiger partial charge in [0.25, 0.3) is 5.69 Å². The van der Waals surface area contributed by atoms with E-state index >= 15 is 0 Å². The molecule has 2 aromatic rings. The van der Waals surface area contributed by atoms with Crippen LogP contribution in [0.4, 0.5) is 5.69 Å². The number of nitrogens with zero attached hydrogens (tertiary/aromatic N) is 1. The number of rotatable bonds is 4. The van der Waals surface area contributed by atoms with Gasteiger partial charge >= 0.3 is 0 Å². The standard InChI is InChI=1S/C14H12BrClN2O3/c1-8(17)9-2-5-13(12(16)6-9)21-14-7-10(18(19)20)3-4-11(14)15/h2-8H,17H2,1H3. The maximum absolute atomic E-state index is 10.8. The summed E-state index contributed by atoms with van der Waals surface area (Å²) in [5, 5.41) is 11.2. The number of nitro benzene ring substituents is 1. The third-order valence-electron chi connectivity index (χ3n) is 2.83. The predicted octanol–water partition coefficient (Wildman–Crippen LogP) is 4.82. The molecule has 5 nitrogen and oxygen atoms in total. The number of nitrogens with two attached hydrogens (primary N) is 1. The third-order valence-corrected chi connectivity index (χ3v) is 3.78. The molecule has 0 fully saturated rings. The molecule has 0 radical (unpaired) electrons. The van der Waals surface area contributed by atoms with Crippen LogP contribution in [0.15, 0.2) is 40.9 Å². The van der Waals surface area contributed by atoms with Gasteiger partial charge in [-0.15, -0.1) is 0 Å². The fourth-order valence-electron chi connectivity index (χ4n) is 1.69. The molecule has 0 aliphatic carbocycles. The highest BCUT2D eigenvalue weighted by Crippen LogP contribution is 2.36. The Morgan fingerprint density at radius 3 is 2.57 bits per heavy atom. The number of non-ortho nitro benzene ring substituents is 1. The van der Waals surface area contributed by atoms with E-state index in [4.69, 9.17) is 22.1 Å². The number of hydrogen-bond donors (Lipinski definition) is 1. The predicted molar refractivity (Wildman–Crippen MR) is 84.9 cm³/mol. The van der Waals surface area contributed by atoms with Crippen LogP contribution in [0.5, 0.6) is 11.5 Å². The van der Waals surface area contributed by atoms with Gasteiger partial charge in [0.1, 0.15) is 11.5 Å². The van der Waals surface area contributed by atoms with Crippen LogP contribution in [-0.2, 0) is 0 Å². The molecule has 0 heterocycles.